The van der Waals surface area contributed by atoms with E-state index in [1.54, 1.807) is 24.1 Å². The Labute approximate surface area is 141 Å². The van der Waals surface area contributed by atoms with Crippen molar-refractivity contribution in [3.05, 3.63) is 46.4 Å². The highest BCUT2D eigenvalue weighted by molar-refractivity contribution is 5.96. The van der Waals surface area contributed by atoms with Gasteiger partial charge in [-0.1, -0.05) is 18.2 Å². The molecule has 0 spiro atoms. The number of fused-ring (bicyclic) bond motifs is 1. The third-order valence-electron chi connectivity index (χ3n) is 4.62. The van der Waals surface area contributed by atoms with E-state index in [4.69, 9.17) is 4.74 Å². The number of H-pyrrole nitrogens is 1. The van der Waals surface area contributed by atoms with E-state index in [9.17, 15) is 9.59 Å². The van der Waals surface area contributed by atoms with E-state index in [0.29, 0.717) is 36.8 Å². The number of methoxy groups -OCH3 is 1. The smallest absolute Gasteiger partial charge is 0.270 e. The number of nitrogens with one attached hydrogen (secondary N) is 1. The number of ether oxygens (including phenoxy) is 1. The summed E-state index contributed by atoms with van der Waals surface area (Å²) in [6.07, 6.45) is 0. The van der Waals surface area contributed by atoms with Gasteiger partial charge in [0.2, 0.25) is 0 Å². The molecule has 1 N–H and O–H groups in total. The van der Waals surface area contributed by atoms with E-state index < -0.39 is 0 Å². The van der Waals surface area contributed by atoms with Crippen LogP contribution in [0.1, 0.15) is 17.4 Å². The predicted octanol–water partition coefficient (Wildman–Crippen LogP) is 1.32. The second kappa shape index (κ2) is 7.15. The number of amides is 1. The number of nitrogens with zero attached hydrogens (tertiary/aromatic N) is 2. The zero-order valence-corrected chi connectivity index (χ0v) is 14.1. The highest BCUT2D eigenvalue weighted by atomic mass is 16.5. The van der Waals surface area contributed by atoms with E-state index in [1.165, 1.54) is 0 Å². The van der Waals surface area contributed by atoms with Crippen LogP contribution in [0, 0.1) is 0 Å². The zero-order valence-electron chi connectivity index (χ0n) is 14.1. The summed E-state index contributed by atoms with van der Waals surface area (Å²) in [7, 11) is 1.70. The van der Waals surface area contributed by atoms with Gasteiger partial charge in [-0.15, -0.1) is 0 Å². The van der Waals surface area contributed by atoms with Gasteiger partial charge in [-0.05, 0) is 24.4 Å². The number of aromatic amines is 1. The normalized spacial score (nSPS) is 17.2. The Balaban J connectivity index is 1.73. The van der Waals surface area contributed by atoms with Crippen molar-refractivity contribution >= 4 is 16.7 Å². The van der Waals surface area contributed by atoms with Crippen LogP contribution in [0.15, 0.2) is 35.1 Å². The largest absolute Gasteiger partial charge is 0.383 e. The van der Waals surface area contributed by atoms with E-state index in [0.717, 1.165) is 18.5 Å². The molecule has 1 aromatic carbocycles. The topological polar surface area (TPSA) is 65.6 Å². The molecular weight excluding hydrogens is 306 g/mol. The minimum Gasteiger partial charge on any atom is -0.383 e. The Morgan fingerprint density at radius 3 is 2.67 bits per heavy atom. The number of rotatable bonds is 4. The van der Waals surface area contributed by atoms with Crippen LogP contribution in [0.25, 0.3) is 10.8 Å². The van der Waals surface area contributed by atoms with Crippen LogP contribution in [0.2, 0.25) is 0 Å². The minimum absolute atomic E-state index is 0.114. The summed E-state index contributed by atoms with van der Waals surface area (Å²) in [6.45, 7) is 5.75. The first-order valence-corrected chi connectivity index (χ1v) is 8.24. The second-order valence-electron chi connectivity index (χ2n) is 6.23. The monoisotopic (exact) mass is 329 g/mol. The molecule has 1 atom stereocenters. The molecule has 0 unspecified atom stereocenters. The van der Waals surface area contributed by atoms with Gasteiger partial charge >= 0.3 is 0 Å². The lowest BCUT2D eigenvalue weighted by Crippen LogP contribution is -2.52. The number of hydrogen-bond donors (Lipinski definition) is 1. The Morgan fingerprint density at radius 2 is 1.96 bits per heavy atom. The minimum atomic E-state index is -0.219. The Morgan fingerprint density at radius 1 is 1.25 bits per heavy atom. The van der Waals surface area contributed by atoms with Gasteiger partial charge in [0.25, 0.3) is 11.5 Å². The van der Waals surface area contributed by atoms with Gasteiger partial charge in [-0.3, -0.25) is 14.5 Å². The third-order valence-corrected chi connectivity index (χ3v) is 4.62. The average Bonchev–Trinajstić information content (AvgIpc) is 2.61. The van der Waals surface area contributed by atoms with Crippen LogP contribution in [0.4, 0.5) is 0 Å². The standard InChI is InChI=1S/C18H23N3O3/c1-13(12-24-2)20-7-9-21(10-8-20)18(23)16-11-14-5-3-4-6-15(14)17(22)19-16/h3-6,11,13H,7-10,12H2,1-2H3,(H,19,22)/t13-/m0/s1. The van der Waals surface area contributed by atoms with Crippen molar-refractivity contribution in [1.82, 2.24) is 14.8 Å². The summed E-state index contributed by atoms with van der Waals surface area (Å²) in [4.78, 5) is 31.7. The highest BCUT2D eigenvalue weighted by Crippen LogP contribution is 2.13. The Bertz CT molecular complexity index is 778. The number of pyridine rings is 1. The van der Waals surface area contributed by atoms with Gasteiger partial charge in [0, 0.05) is 44.7 Å². The maximum atomic E-state index is 12.7. The summed E-state index contributed by atoms with van der Waals surface area (Å²) in [6, 6.07) is 9.40. The molecule has 6 heteroatoms. The summed E-state index contributed by atoms with van der Waals surface area (Å²) < 4.78 is 5.19. The Hall–Kier alpha value is -2.18. The van der Waals surface area contributed by atoms with Crippen LogP contribution in [-0.2, 0) is 4.74 Å². The number of carbonyl (C=O) groups excluding carboxylic acids is 1. The van der Waals surface area contributed by atoms with E-state index in [2.05, 4.69) is 16.8 Å². The first-order valence-electron chi connectivity index (χ1n) is 8.24. The van der Waals surface area contributed by atoms with Crippen molar-refractivity contribution in [2.45, 2.75) is 13.0 Å². The van der Waals surface area contributed by atoms with E-state index in [-0.39, 0.29) is 11.5 Å². The van der Waals surface area contributed by atoms with Gasteiger partial charge in [0.05, 0.1) is 6.61 Å². The average molecular weight is 329 g/mol. The molecule has 1 fully saturated rings. The fourth-order valence-electron chi connectivity index (χ4n) is 3.21. The van der Waals surface area contributed by atoms with Gasteiger partial charge < -0.3 is 14.6 Å². The lowest BCUT2D eigenvalue weighted by molar-refractivity contribution is 0.0445. The highest BCUT2D eigenvalue weighted by Gasteiger charge is 2.25. The second-order valence-corrected chi connectivity index (χ2v) is 6.23. The van der Waals surface area contributed by atoms with Crippen molar-refractivity contribution < 1.29 is 9.53 Å². The van der Waals surface area contributed by atoms with E-state index in [1.807, 2.05) is 18.2 Å². The third kappa shape index (κ3) is 3.34. The quantitative estimate of drug-likeness (QED) is 0.919. The first-order chi connectivity index (χ1) is 11.6. The summed E-state index contributed by atoms with van der Waals surface area (Å²) in [5, 5.41) is 1.39. The maximum absolute atomic E-state index is 12.7. The van der Waals surface area contributed by atoms with Gasteiger partial charge in [0.1, 0.15) is 5.69 Å². The van der Waals surface area contributed by atoms with Crippen LogP contribution in [0.5, 0.6) is 0 Å². The van der Waals surface area contributed by atoms with Crippen molar-refractivity contribution in [3.63, 3.8) is 0 Å². The number of hydrogen-bond acceptors (Lipinski definition) is 4. The lowest BCUT2D eigenvalue weighted by Gasteiger charge is -2.37. The molecular formula is C18H23N3O3. The molecule has 3 rings (SSSR count). The van der Waals surface area contributed by atoms with Crippen LogP contribution >= 0.6 is 0 Å². The Kier molecular flexibility index (Phi) is 4.97. The fraction of sp³-hybridized carbons (Fsp3) is 0.444. The molecule has 0 radical (unpaired) electrons. The molecule has 0 saturated carbocycles. The fourth-order valence-corrected chi connectivity index (χ4v) is 3.21. The first kappa shape index (κ1) is 16.7. The molecule has 1 aliphatic rings. The van der Waals surface area contributed by atoms with Crippen LogP contribution < -0.4 is 5.56 Å². The van der Waals surface area contributed by atoms with Crippen molar-refractivity contribution in [1.29, 1.82) is 0 Å². The molecule has 128 valence electrons. The molecule has 1 aliphatic heterocycles. The maximum Gasteiger partial charge on any atom is 0.270 e. The molecule has 24 heavy (non-hydrogen) atoms. The lowest BCUT2D eigenvalue weighted by atomic mass is 10.1. The molecule has 2 heterocycles. The SMILES string of the molecule is COC[C@H](C)N1CCN(C(=O)c2cc3ccccc3c(=O)[nH]2)CC1. The molecule has 1 aromatic heterocycles. The molecule has 0 aliphatic carbocycles. The van der Waals surface area contributed by atoms with Crippen molar-refractivity contribution in [3.8, 4) is 0 Å². The summed E-state index contributed by atoms with van der Waals surface area (Å²) in [5.41, 5.74) is 0.140. The van der Waals surface area contributed by atoms with Crippen LogP contribution in [0.3, 0.4) is 0 Å². The summed E-state index contributed by atoms with van der Waals surface area (Å²) in [5.74, 6) is -0.114. The number of benzene rings is 1. The zero-order chi connectivity index (χ0) is 17.1. The van der Waals surface area contributed by atoms with Gasteiger partial charge in [-0.2, -0.15) is 0 Å². The van der Waals surface area contributed by atoms with Gasteiger partial charge in [-0.25, -0.2) is 0 Å². The molecule has 1 amide bonds. The summed E-state index contributed by atoms with van der Waals surface area (Å²) >= 11 is 0. The number of carbonyl (C=O) groups is 1. The molecule has 0 bridgehead atoms. The van der Waals surface area contributed by atoms with Gasteiger partial charge in [0.15, 0.2) is 0 Å². The number of piperazine rings is 1. The molecule has 2 aromatic rings. The van der Waals surface area contributed by atoms with Crippen molar-refractivity contribution in [2.75, 3.05) is 39.9 Å². The van der Waals surface area contributed by atoms with E-state index >= 15 is 0 Å². The molecule has 6 nitrogen and oxygen atoms in total. The predicted molar refractivity (Wildman–Crippen MR) is 93.4 cm³/mol. The van der Waals surface area contributed by atoms with Crippen molar-refractivity contribution in [2.24, 2.45) is 0 Å². The number of aromatic nitrogens is 1. The molecule has 1 saturated heterocycles. The van der Waals surface area contributed by atoms with Crippen LogP contribution in [-0.4, -0.2) is 66.6 Å².